The fraction of sp³-hybridized carbons (Fsp3) is 0.375. The van der Waals surface area contributed by atoms with E-state index in [1.807, 2.05) is 48.5 Å². The first-order valence-corrected chi connectivity index (χ1v) is 15.8. The summed E-state index contributed by atoms with van der Waals surface area (Å²) in [7, 11) is 0. The van der Waals surface area contributed by atoms with Gasteiger partial charge in [-0.3, -0.25) is 9.69 Å². The van der Waals surface area contributed by atoms with Crippen molar-refractivity contribution in [2.24, 2.45) is 4.99 Å². The van der Waals surface area contributed by atoms with Crippen molar-refractivity contribution in [3.8, 4) is 5.75 Å². The SMILES string of the molecule is O=C(NCCN1CCOCC1)[C@]1(Cc2ccccc2Br)N=C(c2ccc(OCCCO)cc2)O[C@@H]1c1ccc(Cl)cc1Cl. The second-order valence-corrected chi connectivity index (χ2v) is 12.1. The molecule has 8 nitrogen and oxygen atoms in total. The fourth-order valence-corrected chi connectivity index (χ4v) is 6.14. The highest BCUT2D eigenvalue weighted by atomic mass is 79.9. The average Bonchev–Trinajstić information content (AvgIpc) is 3.39. The maximum absolute atomic E-state index is 14.4. The Bertz CT molecular complexity index is 1430. The van der Waals surface area contributed by atoms with E-state index in [2.05, 4.69) is 26.1 Å². The molecule has 228 valence electrons. The van der Waals surface area contributed by atoms with Gasteiger partial charge in [0.1, 0.15) is 5.75 Å². The highest BCUT2D eigenvalue weighted by molar-refractivity contribution is 9.10. The Morgan fingerprint density at radius 1 is 1.12 bits per heavy atom. The van der Waals surface area contributed by atoms with E-state index in [9.17, 15) is 4.79 Å². The number of carbonyl (C=O) groups is 1. The van der Waals surface area contributed by atoms with Crippen LogP contribution in [0, 0.1) is 0 Å². The molecule has 1 saturated heterocycles. The normalized spacial score (nSPS) is 20.4. The number of aliphatic hydroxyl groups excluding tert-OH is 1. The lowest BCUT2D eigenvalue weighted by Gasteiger charge is -2.32. The first-order valence-electron chi connectivity index (χ1n) is 14.3. The third kappa shape index (κ3) is 7.71. The zero-order chi connectivity index (χ0) is 30.2. The van der Waals surface area contributed by atoms with Gasteiger partial charge in [-0.25, -0.2) is 4.99 Å². The molecule has 1 amide bonds. The molecule has 11 heteroatoms. The van der Waals surface area contributed by atoms with Crippen molar-refractivity contribution >= 4 is 50.9 Å². The summed E-state index contributed by atoms with van der Waals surface area (Å²) in [5.74, 6) is 0.730. The number of nitrogens with zero attached hydrogens (tertiary/aromatic N) is 2. The van der Waals surface area contributed by atoms with Gasteiger partial charge in [0.15, 0.2) is 11.6 Å². The first kappa shape index (κ1) is 31.8. The Morgan fingerprint density at radius 2 is 1.88 bits per heavy atom. The van der Waals surface area contributed by atoms with Gasteiger partial charge in [-0.05, 0) is 48.0 Å². The molecule has 0 bridgehead atoms. The molecule has 3 aromatic carbocycles. The molecule has 2 aliphatic rings. The molecule has 0 saturated carbocycles. The molecule has 1 fully saturated rings. The van der Waals surface area contributed by atoms with Crippen molar-refractivity contribution in [2.45, 2.75) is 24.5 Å². The highest BCUT2D eigenvalue weighted by Gasteiger charge is 2.54. The number of rotatable bonds is 12. The van der Waals surface area contributed by atoms with Gasteiger partial charge in [-0.2, -0.15) is 0 Å². The van der Waals surface area contributed by atoms with E-state index in [1.54, 1.807) is 18.2 Å². The van der Waals surface area contributed by atoms with Gasteiger partial charge in [0.2, 0.25) is 5.90 Å². The third-order valence-corrected chi connectivity index (χ3v) is 8.85. The molecule has 2 aliphatic heterocycles. The Morgan fingerprint density at radius 3 is 2.60 bits per heavy atom. The summed E-state index contributed by atoms with van der Waals surface area (Å²) in [4.78, 5) is 21.7. The Labute approximate surface area is 270 Å². The van der Waals surface area contributed by atoms with Crippen LogP contribution in [-0.4, -0.2) is 80.0 Å². The van der Waals surface area contributed by atoms with Crippen molar-refractivity contribution in [1.29, 1.82) is 0 Å². The van der Waals surface area contributed by atoms with Gasteiger partial charge < -0.3 is 24.6 Å². The van der Waals surface area contributed by atoms with E-state index < -0.39 is 11.6 Å². The molecule has 43 heavy (non-hydrogen) atoms. The summed E-state index contributed by atoms with van der Waals surface area (Å²) in [6.07, 6.45) is -0.0321. The van der Waals surface area contributed by atoms with Crippen LogP contribution in [0.3, 0.4) is 0 Å². The Balaban J connectivity index is 1.52. The summed E-state index contributed by atoms with van der Waals surface area (Å²) >= 11 is 16.7. The summed E-state index contributed by atoms with van der Waals surface area (Å²) in [5, 5.41) is 13.1. The van der Waals surface area contributed by atoms with Crippen molar-refractivity contribution in [1.82, 2.24) is 10.2 Å². The van der Waals surface area contributed by atoms with E-state index in [4.69, 9.17) is 47.5 Å². The molecule has 5 rings (SSSR count). The van der Waals surface area contributed by atoms with Crippen molar-refractivity contribution in [2.75, 3.05) is 52.6 Å². The number of hydrogen-bond acceptors (Lipinski definition) is 7. The Kier molecular flexibility index (Phi) is 11.0. The molecule has 0 aromatic heterocycles. The third-order valence-electron chi connectivity index (χ3n) is 7.51. The Hall–Kier alpha value is -2.66. The molecule has 0 radical (unpaired) electrons. The van der Waals surface area contributed by atoms with Crippen LogP contribution in [0.5, 0.6) is 5.75 Å². The van der Waals surface area contributed by atoms with Crippen molar-refractivity contribution in [3.05, 3.63) is 97.9 Å². The summed E-state index contributed by atoms with van der Waals surface area (Å²) in [5.41, 5.74) is 0.837. The number of nitrogens with one attached hydrogen (secondary N) is 1. The van der Waals surface area contributed by atoms with Crippen LogP contribution >= 0.6 is 39.1 Å². The number of ether oxygens (including phenoxy) is 3. The molecular weight excluding hydrogens is 657 g/mol. The van der Waals surface area contributed by atoms with Crippen LogP contribution in [0.25, 0.3) is 0 Å². The molecule has 0 aliphatic carbocycles. The minimum Gasteiger partial charge on any atom is -0.494 e. The van der Waals surface area contributed by atoms with E-state index in [0.29, 0.717) is 72.2 Å². The molecule has 2 atom stereocenters. The van der Waals surface area contributed by atoms with Gasteiger partial charge in [0.25, 0.3) is 5.91 Å². The topological polar surface area (TPSA) is 92.6 Å². The summed E-state index contributed by atoms with van der Waals surface area (Å²) in [6.45, 7) is 4.63. The van der Waals surface area contributed by atoms with E-state index in [-0.39, 0.29) is 18.9 Å². The van der Waals surface area contributed by atoms with Crippen LogP contribution in [0.4, 0.5) is 0 Å². The maximum Gasteiger partial charge on any atom is 0.252 e. The predicted octanol–water partition coefficient (Wildman–Crippen LogP) is 5.47. The monoisotopic (exact) mass is 689 g/mol. The highest BCUT2D eigenvalue weighted by Crippen LogP contribution is 2.45. The van der Waals surface area contributed by atoms with Crippen LogP contribution in [0.1, 0.15) is 29.2 Å². The van der Waals surface area contributed by atoms with Gasteiger partial charge in [-0.1, -0.05) is 63.4 Å². The summed E-state index contributed by atoms with van der Waals surface area (Å²) in [6, 6.07) is 20.3. The van der Waals surface area contributed by atoms with Crippen molar-refractivity contribution in [3.63, 3.8) is 0 Å². The molecule has 0 unspecified atom stereocenters. The van der Waals surface area contributed by atoms with Gasteiger partial charge >= 0.3 is 0 Å². The van der Waals surface area contributed by atoms with E-state index >= 15 is 0 Å². The zero-order valence-electron chi connectivity index (χ0n) is 23.6. The minimum absolute atomic E-state index is 0.0610. The fourth-order valence-electron chi connectivity index (χ4n) is 5.21. The largest absolute Gasteiger partial charge is 0.494 e. The van der Waals surface area contributed by atoms with Crippen molar-refractivity contribution < 1.29 is 24.1 Å². The van der Waals surface area contributed by atoms with Crippen LogP contribution in [0.15, 0.2) is 76.2 Å². The number of carbonyl (C=O) groups excluding carboxylic acids is 1. The maximum atomic E-state index is 14.4. The minimum atomic E-state index is -1.38. The van der Waals surface area contributed by atoms with Gasteiger partial charge in [-0.15, -0.1) is 0 Å². The average molecular weight is 691 g/mol. The van der Waals surface area contributed by atoms with E-state index in [0.717, 1.165) is 23.1 Å². The second kappa shape index (κ2) is 14.9. The first-order chi connectivity index (χ1) is 20.9. The van der Waals surface area contributed by atoms with Crippen LogP contribution in [-0.2, 0) is 20.7 Å². The molecule has 2 N–H and O–H groups in total. The molecular formula is C32H34BrCl2N3O5. The van der Waals surface area contributed by atoms with Crippen LogP contribution < -0.4 is 10.1 Å². The molecule has 3 aromatic rings. The number of aliphatic imine (C=N–C) groups is 1. The number of benzene rings is 3. The number of amides is 1. The lowest BCUT2D eigenvalue weighted by molar-refractivity contribution is -0.129. The lowest BCUT2D eigenvalue weighted by Crippen LogP contribution is -2.51. The number of aliphatic hydroxyl groups is 1. The quantitative estimate of drug-likeness (QED) is 0.245. The zero-order valence-corrected chi connectivity index (χ0v) is 26.7. The van der Waals surface area contributed by atoms with Gasteiger partial charge in [0.05, 0.1) is 19.8 Å². The standard InChI is InChI=1S/C32H34BrCl2N3O5/c33-27-5-2-1-4-23(27)21-32(31(40)36-12-13-38-14-18-41-19-15-38)29(26-11-8-24(34)20-28(26)35)43-30(37-32)22-6-9-25(10-7-22)42-17-3-16-39/h1-2,4-11,20,29,39H,3,12-19,21H2,(H,36,40)/t29-,32-/m1/s1. The molecule has 0 spiro atoms. The second-order valence-electron chi connectivity index (χ2n) is 10.4. The number of morpholine rings is 1. The predicted molar refractivity (Wildman–Crippen MR) is 171 cm³/mol. The number of halogens is 3. The lowest BCUT2D eigenvalue weighted by atomic mass is 9.82. The van der Waals surface area contributed by atoms with Crippen LogP contribution in [0.2, 0.25) is 10.0 Å². The summed E-state index contributed by atoms with van der Waals surface area (Å²) < 4.78 is 18.6. The van der Waals surface area contributed by atoms with E-state index in [1.165, 1.54) is 0 Å². The number of hydrogen-bond donors (Lipinski definition) is 2. The van der Waals surface area contributed by atoms with Gasteiger partial charge in [0, 0.05) is 71.3 Å². The smallest absolute Gasteiger partial charge is 0.252 e. The molecule has 2 heterocycles.